The molecular weight excluding hydrogens is 308 g/mol. The van der Waals surface area contributed by atoms with Gasteiger partial charge in [0.2, 0.25) is 5.95 Å². The third-order valence-corrected chi connectivity index (χ3v) is 4.48. The summed E-state index contributed by atoms with van der Waals surface area (Å²) in [6.07, 6.45) is 3.61. The molecule has 128 valence electrons. The number of imidazole rings is 1. The molecule has 0 N–H and O–H groups in total. The number of fused-ring (bicyclic) bond motifs is 3. The lowest BCUT2D eigenvalue weighted by molar-refractivity contribution is 0.634. The first kappa shape index (κ1) is 16.2. The van der Waals surface area contributed by atoms with E-state index in [-0.39, 0.29) is 23.8 Å². The van der Waals surface area contributed by atoms with Crippen LogP contribution >= 0.6 is 0 Å². The van der Waals surface area contributed by atoms with E-state index in [1.807, 2.05) is 38.3 Å². The Balaban J connectivity index is 2.42. The van der Waals surface area contributed by atoms with Gasteiger partial charge in [-0.3, -0.25) is 18.5 Å². The van der Waals surface area contributed by atoms with Crippen LogP contribution in [0, 0.1) is 0 Å². The van der Waals surface area contributed by atoms with E-state index in [4.69, 9.17) is 0 Å². The highest BCUT2D eigenvalue weighted by Crippen LogP contribution is 2.29. The van der Waals surface area contributed by atoms with E-state index in [1.54, 1.807) is 18.1 Å². The number of allylic oxidation sites excluding steroid dienone is 2. The monoisotopic (exact) mass is 330 g/mol. The van der Waals surface area contributed by atoms with Gasteiger partial charge in [-0.1, -0.05) is 12.2 Å². The zero-order valence-corrected chi connectivity index (χ0v) is 14.6. The average Bonchev–Trinajstić information content (AvgIpc) is 2.97. The van der Waals surface area contributed by atoms with Crippen molar-refractivity contribution < 1.29 is 0 Å². The van der Waals surface area contributed by atoms with Crippen LogP contribution in [-0.4, -0.2) is 30.9 Å². The number of anilines is 1. The first-order chi connectivity index (χ1) is 11.4. The van der Waals surface area contributed by atoms with E-state index in [2.05, 4.69) is 10.1 Å². The fourth-order valence-corrected chi connectivity index (χ4v) is 2.97. The van der Waals surface area contributed by atoms with Crippen LogP contribution in [0.1, 0.15) is 33.7 Å². The van der Waals surface area contributed by atoms with Crippen molar-refractivity contribution >= 4 is 22.8 Å². The van der Waals surface area contributed by atoms with Crippen LogP contribution in [0.4, 0.5) is 5.95 Å². The molecule has 3 heterocycles. The molecule has 0 spiro atoms. The Bertz CT molecular complexity index is 975. The van der Waals surface area contributed by atoms with E-state index in [9.17, 15) is 9.59 Å². The third-order valence-electron chi connectivity index (χ3n) is 4.48. The molecule has 1 aliphatic rings. The minimum absolute atomic E-state index is 0.0897. The molecule has 0 bridgehead atoms. The summed E-state index contributed by atoms with van der Waals surface area (Å²) in [6, 6.07) is -0.0897. The lowest BCUT2D eigenvalue weighted by atomic mass is 10.2. The second kappa shape index (κ2) is 5.77. The molecular formula is C16H22N6O2. The normalized spacial score (nSPS) is 17.6. The highest BCUT2D eigenvalue weighted by atomic mass is 16.2. The first-order valence-corrected chi connectivity index (χ1v) is 8.07. The summed E-state index contributed by atoms with van der Waals surface area (Å²) in [5.74, 6) is 0.599. The van der Waals surface area contributed by atoms with Gasteiger partial charge in [-0.25, -0.2) is 9.80 Å². The fraction of sp³-hybridized carbons (Fsp3) is 0.500. The Hall–Kier alpha value is -2.64. The number of aryl methyl sites for hydroxylation is 1. The van der Waals surface area contributed by atoms with E-state index in [1.165, 1.54) is 9.13 Å². The molecule has 0 aromatic carbocycles. The van der Waals surface area contributed by atoms with Gasteiger partial charge >= 0.3 is 5.69 Å². The van der Waals surface area contributed by atoms with Crippen molar-refractivity contribution in [3.05, 3.63) is 33.0 Å². The highest BCUT2D eigenvalue weighted by Gasteiger charge is 2.29. The summed E-state index contributed by atoms with van der Waals surface area (Å²) < 4.78 is 4.55. The topological polar surface area (TPSA) is 77.4 Å². The lowest BCUT2D eigenvalue weighted by Crippen LogP contribution is -2.40. The molecule has 1 unspecified atom stereocenters. The Labute approximate surface area is 139 Å². The predicted molar refractivity (Wildman–Crippen MR) is 94.9 cm³/mol. The van der Waals surface area contributed by atoms with Crippen LogP contribution in [0.25, 0.3) is 11.2 Å². The van der Waals surface area contributed by atoms with Gasteiger partial charge < -0.3 is 0 Å². The number of rotatable bonds is 3. The molecule has 2 aromatic heterocycles. The van der Waals surface area contributed by atoms with Gasteiger partial charge in [0.05, 0.1) is 11.8 Å². The largest absolute Gasteiger partial charge is 0.332 e. The summed E-state index contributed by atoms with van der Waals surface area (Å²) >= 11 is 0. The standard InChI is InChI=1S/C16H22N6O2/c1-6-8-9-20-14(23)12-13(19(5)16(20)24)17-15-21(7-2)18-10(3)11(4)22(12)15/h6,8,11H,7,9H2,1-5H3. The van der Waals surface area contributed by atoms with Gasteiger partial charge in [-0.2, -0.15) is 10.1 Å². The van der Waals surface area contributed by atoms with E-state index in [0.717, 1.165) is 5.71 Å². The SMILES string of the molecule is CC=CCn1c(=O)c2c(nc3n2C(C)C(C)=NN3CC)n(C)c1=O. The van der Waals surface area contributed by atoms with Gasteiger partial charge in [0.15, 0.2) is 11.2 Å². The smallest absolute Gasteiger partial charge is 0.294 e. The summed E-state index contributed by atoms with van der Waals surface area (Å²) in [7, 11) is 1.64. The van der Waals surface area contributed by atoms with Crippen molar-refractivity contribution in [3.8, 4) is 0 Å². The minimum Gasteiger partial charge on any atom is -0.294 e. The second-order valence-electron chi connectivity index (χ2n) is 5.91. The summed E-state index contributed by atoms with van der Waals surface area (Å²) in [5.41, 5.74) is 1.05. The molecule has 2 aromatic rings. The Morgan fingerprint density at radius 1 is 1.29 bits per heavy atom. The van der Waals surface area contributed by atoms with Crippen molar-refractivity contribution in [2.45, 2.75) is 40.3 Å². The number of nitrogens with zero attached hydrogens (tertiary/aromatic N) is 6. The van der Waals surface area contributed by atoms with Crippen LogP contribution in [0.2, 0.25) is 0 Å². The molecule has 8 nitrogen and oxygen atoms in total. The average molecular weight is 330 g/mol. The third kappa shape index (κ3) is 2.13. The Morgan fingerprint density at radius 2 is 2.00 bits per heavy atom. The highest BCUT2D eigenvalue weighted by molar-refractivity contribution is 5.90. The zero-order chi connectivity index (χ0) is 17.6. The maximum Gasteiger partial charge on any atom is 0.332 e. The van der Waals surface area contributed by atoms with Crippen molar-refractivity contribution in [2.75, 3.05) is 11.6 Å². The van der Waals surface area contributed by atoms with Crippen LogP contribution in [0.15, 0.2) is 26.8 Å². The van der Waals surface area contributed by atoms with Gasteiger partial charge in [0.25, 0.3) is 5.56 Å². The zero-order valence-electron chi connectivity index (χ0n) is 14.6. The number of hydrazone groups is 1. The molecule has 24 heavy (non-hydrogen) atoms. The lowest BCUT2D eigenvalue weighted by Gasteiger charge is -2.28. The maximum atomic E-state index is 13.0. The molecule has 0 fully saturated rings. The second-order valence-corrected chi connectivity index (χ2v) is 5.91. The fourth-order valence-electron chi connectivity index (χ4n) is 2.97. The molecule has 3 rings (SSSR count). The van der Waals surface area contributed by atoms with Crippen LogP contribution in [0.3, 0.4) is 0 Å². The molecule has 0 saturated heterocycles. The van der Waals surface area contributed by atoms with Crippen molar-refractivity contribution in [1.82, 2.24) is 18.7 Å². The molecule has 1 aliphatic heterocycles. The van der Waals surface area contributed by atoms with Crippen molar-refractivity contribution in [1.29, 1.82) is 0 Å². The van der Waals surface area contributed by atoms with Gasteiger partial charge in [0, 0.05) is 20.1 Å². The molecule has 0 saturated carbocycles. The summed E-state index contributed by atoms with van der Waals surface area (Å²) in [4.78, 5) is 30.1. The first-order valence-electron chi connectivity index (χ1n) is 8.07. The summed E-state index contributed by atoms with van der Waals surface area (Å²) in [5, 5.41) is 6.29. The summed E-state index contributed by atoms with van der Waals surface area (Å²) in [6.45, 7) is 8.63. The van der Waals surface area contributed by atoms with Crippen molar-refractivity contribution in [2.24, 2.45) is 12.1 Å². The Kier molecular flexibility index (Phi) is 3.90. The molecule has 0 amide bonds. The van der Waals surface area contributed by atoms with Crippen LogP contribution in [-0.2, 0) is 13.6 Å². The molecule has 0 radical (unpaired) electrons. The maximum absolute atomic E-state index is 13.0. The molecule has 8 heteroatoms. The quantitative estimate of drug-likeness (QED) is 0.794. The van der Waals surface area contributed by atoms with E-state index >= 15 is 0 Å². The van der Waals surface area contributed by atoms with E-state index < -0.39 is 0 Å². The number of aromatic nitrogens is 4. The van der Waals surface area contributed by atoms with E-state index in [0.29, 0.717) is 23.7 Å². The number of hydrogen-bond acceptors (Lipinski definition) is 5. The van der Waals surface area contributed by atoms with Crippen LogP contribution in [0.5, 0.6) is 0 Å². The van der Waals surface area contributed by atoms with Gasteiger partial charge in [-0.15, -0.1) is 0 Å². The van der Waals surface area contributed by atoms with Crippen LogP contribution < -0.4 is 16.3 Å². The van der Waals surface area contributed by atoms with Crippen molar-refractivity contribution in [3.63, 3.8) is 0 Å². The minimum atomic E-state index is -0.366. The molecule has 0 aliphatic carbocycles. The molecule has 1 atom stereocenters. The predicted octanol–water partition coefficient (Wildman–Crippen LogP) is 1.25. The van der Waals surface area contributed by atoms with Gasteiger partial charge in [0.1, 0.15) is 0 Å². The van der Waals surface area contributed by atoms with Gasteiger partial charge in [-0.05, 0) is 27.7 Å². The Morgan fingerprint density at radius 3 is 2.62 bits per heavy atom. The number of hydrogen-bond donors (Lipinski definition) is 0.